The van der Waals surface area contributed by atoms with Crippen LogP contribution in [0.25, 0.3) is 5.70 Å². The zero-order valence-electron chi connectivity index (χ0n) is 19.8. The summed E-state index contributed by atoms with van der Waals surface area (Å²) >= 11 is 0. The van der Waals surface area contributed by atoms with E-state index in [1.54, 1.807) is 23.0 Å². The predicted octanol–water partition coefficient (Wildman–Crippen LogP) is 2.08. The van der Waals surface area contributed by atoms with Gasteiger partial charge in [0.1, 0.15) is 23.0 Å². The van der Waals surface area contributed by atoms with E-state index in [-0.39, 0.29) is 30.6 Å². The van der Waals surface area contributed by atoms with Crippen molar-refractivity contribution >= 4 is 35.6 Å². The van der Waals surface area contributed by atoms with Crippen LogP contribution in [0.1, 0.15) is 43.5 Å². The molecule has 2 aliphatic heterocycles. The molecule has 0 unspecified atom stereocenters. The first-order valence-corrected chi connectivity index (χ1v) is 11.9. The fourth-order valence-electron chi connectivity index (χ4n) is 4.52. The lowest BCUT2D eigenvalue weighted by Gasteiger charge is -2.23. The van der Waals surface area contributed by atoms with Crippen LogP contribution in [0.15, 0.2) is 46.8 Å². The van der Waals surface area contributed by atoms with Crippen LogP contribution in [0.5, 0.6) is 5.75 Å². The first-order valence-electron chi connectivity index (χ1n) is 11.9. The normalized spacial score (nSPS) is 17.9. The number of fused-ring (bicyclic) bond motifs is 1. The highest BCUT2D eigenvalue weighted by molar-refractivity contribution is 6.44. The summed E-state index contributed by atoms with van der Waals surface area (Å²) in [5, 5.41) is 23.8. The quantitative estimate of drug-likeness (QED) is 0.568. The van der Waals surface area contributed by atoms with E-state index in [9.17, 15) is 9.59 Å². The van der Waals surface area contributed by atoms with Crippen LogP contribution in [0.2, 0.25) is 0 Å². The molecule has 1 aromatic heterocycles. The van der Waals surface area contributed by atoms with Gasteiger partial charge in [0.15, 0.2) is 6.61 Å². The van der Waals surface area contributed by atoms with Gasteiger partial charge in [-0.2, -0.15) is 9.90 Å². The number of carbonyl (C=O) groups excluding carboxylic acids is 2. The number of hydrogen-bond donors (Lipinski definition) is 2. The molecule has 12 nitrogen and oxygen atoms in total. The Morgan fingerprint density at radius 3 is 2.92 bits per heavy atom. The van der Waals surface area contributed by atoms with Crippen molar-refractivity contribution in [1.29, 1.82) is 0 Å². The molecule has 5 rings (SSSR count). The minimum absolute atomic E-state index is 0.0127. The maximum absolute atomic E-state index is 12.9. The van der Waals surface area contributed by atoms with E-state index in [0.717, 1.165) is 18.4 Å². The molecule has 2 N–H and O–H groups in total. The van der Waals surface area contributed by atoms with Crippen molar-refractivity contribution in [3.63, 3.8) is 0 Å². The lowest BCUT2D eigenvalue weighted by molar-refractivity contribution is -0.118. The van der Waals surface area contributed by atoms with Gasteiger partial charge in [0, 0.05) is 13.3 Å². The summed E-state index contributed by atoms with van der Waals surface area (Å²) in [7, 11) is 0. The lowest BCUT2D eigenvalue weighted by atomic mass is 9.89. The third kappa shape index (κ3) is 5.02. The first-order chi connectivity index (χ1) is 17.5. The van der Waals surface area contributed by atoms with Crippen molar-refractivity contribution in [3.05, 3.63) is 48.1 Å². The van der Waals surface area contributed by atoms with Crippen molar-refractivity contribution in [2.45, 2.75) is 45.2 Å². The van der Waals surface area contributed by atoms with Gasteiger partial charge in [0.2, 0.25) is 5.82 Å². The van der Waals surface area contributed by atoms with Gasteiger partial charge >= 0.3 is 0 Å². The molecular formula is C24H27N9O3. The van der Waals surface area contributed by atoms with Crippen LogP contribution in [-0.4, -0.2) is 56.1 Å². The first kappa shape index (κ1) is 23.4. The molecule has 0 spiro atoms. The molecule has 0 radical (unpaired) electrons. The zero-order valence-corrected chi connectivity index (χ0v) is 19.8. The average Bonchev–Trinajstić information content (AvgIpc) is 3.35. The topological polar surface area (TPSA) is 139 Å². The molecule has 1 aliphatic carbocycles. The molecule has 2 amide bonds. The summed E-state index contributed by atoms with van der Waals surface area (Å²) < 4.78 is 5.37. The summed E-state index contributed by atoms with van der Waals surface area (Å²) in [5.74, 6) is 1.02. The molecule has 0 bridgehead atoms. The van der Waals surface area contributed by atoms with Crippen molar-refractivity contribution in [1.82, 2.24) is 30.5 Å². The maximum atomic E-state index is 12.9. The van der Waals surface area contributed by atoms with E-state index in [0.29, 0.717) is 35.4 Å². The van der Waals surface area contributed by atoms with Crippen LogP contribution in [-0.2, 0) is 22.7 Å². The highest BCUT2D eigenvalue weighted by Gasteiger charge is 2.27. The number of rotatable bonds is 7. The van der Waals surface area contributed by atoms with Crippen LogP contribution in [0.3, 0.4) is 0 Å². The summed E-state index contributed by atoms with van der Waals surface area (Å²) in [5.41, 5.74) is 1.90. The number of aliphatic imine (C=N–C) groups is 1. The number of tetrazole rings is 1. The highest BCUT2D eigenvalue weighted by Crippen LogP contribution is 2.29. The number of hydrazone groups is 1. The van der Waals surface area contributed by atoms with Gasteiger partial charge in [-0.3, -0.25) is 9.59 Å². The molecule has 36 heavy (non-hydrogen) atoms. The van der Waals surface area contributed by atoms with Gasteiger partial charge in [0.05, 0.1) is 12.2 Å². The van der Waals surface area contributed by atoms with E-state index in [4.69, 9.17) is 4.74 Å². The van der Waals surface area contributed by atoms with E-state index >= 15 is 0 Å². The maximum Gasteiger partial charge on any atom is 0.270 e. The van der Waals surface area contributed by atoms with Gasteiger partial charge < -0.3 is 15.4 Å². The van der Waals surface area contributed by atoms with Gasteiger partial charge in [-0.15, -0.1) is 10.2 Å². The Labute approximate surface area is 207 Å². The Bertz CT molecular complexity index is 1270. The van der Waals surface area contributed by atoms with Gasteiger partial charge in [-0.05, 0) is 47.7 Å². The standard InChI is InChI=1S/C24H27N9O3/c1-15-27-19(24(35)26-12-17-8-9-21-18(10-17)28-22(34)14-36-21)11-20(33(15)25-2)23-29-31-32(30-23)13-16-6-4-3-5-7-16/h8-11,16H,1-7,12-14H2,(H,26,35)(H,28,34). The summed E-state index contributed by atoms with van der Waals surface area (Å²) in [6.07, 6.45) is 7.61. The number of nitrogens with one attached hydrogen (secondary N) is 2. The molecule has 0 saturated heterocycles. The smallest absolute Gasteiger partial charge is 0.270 e. The van der Waals surface area contributed by atoms with Crippen LogP contribution >= 0.6 is 0 Å². The summed E-state index contributed by atoms with van der Waals surface area (Å²) in [6, 6.07) is 5.33. The molecule has 2 aromatic rings. The Kier molecular flexibility index (Phi) is 6.56. The minimum atomic E-state index is -0.412. The van der Waals surface area contributed by atoms with Crippen LogP contribution in [0.4, 0.5) is 5.69 Å². The second kappa shape index (κ2) is 10.1. The number of benzene rings is 1. The summed E-state index contributed by atoms with van der Waals surface area (Å²) in [6.45, 7) is 8.38. The molecular weight excluding hydrogens is 462 g/mol. The Morgan fingerprint density at radius 2 is 2.11 bits per heavy atom. The van der Waals surface area contributed by atoms with E-state index in [1.807, 2.05) is 6.07 Å². The molecule has 3 heterocycles. The molecule has 1 fully saturated rings. The van der Waals surface area contributed by atoms with Gasteiger partial charge in [0.25, 0.3) is 11.8 Å². The highest BCUT2D eigenvalue weighted by atomic mass is 16.5. The van der Waals surface area contributed by atoms with Gasteiger partial charge in [-0.25, -0.2) is 10.0 Å². The summed E-state index contributed by atoms with van der Waals surface area (Å²) in [4.78, 5) is 30.4. The molecule has 186 valence electrons. The zero-order chi connectivity index (χ0) is 25.1. The fourth-order valence-corrected chi connectivity index (χ4v) is 4.52. The Balaban J connectivity index is 1.29. The number of carbonyl (C=O) groups is 2. The Hall–Kier alpha value is -4.35. The molecule has 1 aromatic carbocycles. The molecule has 3 aliphatic rings. The number of anilines is 1. The minimum Gasteiger partial charge on any atom is -0.482 e. The van der Waals surface area contributed by atoms with E-state index < -0.39 is 5.91 Å². The number of amides is 2. The van der Waals surface area contributed by atoms with Crippen molar-refractivity contribution in [2.75, 3.05) is 11.9 Å². The number of aromatic nitrogens is 4. The number of ether oxygens (including phenoxy) is 1. The lowest BCUT2D eigenvalue weighted by Crippen LogP contribution is -2.33. The van der Waals surface area contributed by atoms with Crippen LogP contribution < -0.4 is 15.4 Å². The largest absolute Gasteiger partial charge is 0.482 e. The van der Waals surface area contributed by atoms with E-state index in [1.165, 1.54) is 24.3 Å². The fraction of sp³-hybridized carbons (Fsp3) is 0.375. The molecule has 0 atom stereocenters. The Morgan fingerprint density at radius 1 is 1.28 bits per heavy atom. The van der Waals surface area contributed by atoms with Crippen molar-refractivity contribution in [3.8, 4) is 5.75 Å². The SMILES string of the molecule is C=NN1C(=C)N=C(C(=O)NCc2ccc3c(c2)NC(=O)CO3)C=C1c1nnn(CC2CCCCC2)n1. The third-order valence-corrected chi connectivity index (χ3v) is 6.33. The molecule has 12 heteroatoms. The predicted molar refractivity (Wildman–Crippen MR) is 133 cm³/mol. The monoisotopic (exact) mass is 489 g/mol. The number of nitrogens with zero attached hydrogens (tertiary/aromatic N) is 7. The molecule has 1 saturated carbocycles. The average molecular weight is 490 g/mol. The number of hydrogen-bond acceptors (Lipinski definition) is 9. The third-order valence-electron chi connectivity index (χ3n) is 6.33. The van der Waals surface area contributed by atoms with Crippen molar-refractivity contribution in [2.24, 2.45) is 16.0 Å². The van der Waals surface area contributed by atoms with Gasteiger partial charge in [-0.1, -0.05) is 31.9 Å². The second-order valence-electron chi connectivity index (χ2n) is 8.92. The van der Waals surface area contributed by atoms with E-state index in [2.05, 4.69) is 49.4 Å². The van der Waals surface area contributed by atoms with Crippen LogP contribution in [0, 0.1) is 5.92 Å². The second-order valence-corrected chi connectivity index (χ2v) is 8.92. The van der Waals surface area contributed by atoms with Crippen molar-refractivity contribution < 1.29 is 14.3 Å².